The van der Waals surface area contributed by atoms with Crippen LogP contribution in [0.1, 0.15) is 26.2 Å². The first-order chi connectivity index (χ1) is 7.22. The maximum absolute atomic E-state index is 5.95. The quantitative estimate of drug-likeness (QED) is 0.782. The Morgan fingerprint density at radius 2 is 2.00 bits per heavy atom. The third kappa shape index (κ3) is 5.05. The van der Waals surface area contributed by atoms with Crippen LogP contribution < -0.4 is 11.1 Å². The van der Waals surface area contributed by atoms with E-state index in [2.05, 4.69) is 12.2 Å². The van der Waals surface area contributed by atoms with Gasteiger partial charge in [-0.1, -0.05) is 31.4 Å². The number of hydrogen-bond donors (Lipinski definition) is 2. The van der Waals surface area contributed by atoms with Gasteiger partial charge in [-0.15, -0.1) is 0 Å². The van der Waals surface area contributed by atoms with Crippen LogP contribution in [-0.4, -0.2) is 12.6 Å². The summed E-state index contributed by atoms with van der Waals surface area (Å²) in [6, 6.07) is 7.92. The predicted octanol–water partition coefficient (Wildman–Crippen LogP) is 3.27. The van der Waals surface area contributed by atoms with Crippen molar-refractivity contribution in [3.05, 3.63) is 29.3 Å². The van der Waals surface area contributed by atoms with E-state index in [4.69, 9.17) is 17.3 Å². The summed E-state index contributed by atoms with van der Waals surface area (Å²) in [5.74, 6) is 0. The molecule has 1 atom stereocenters. The highest BCUT2D eigenvalue weighted by Gasteiger charge is 2.01. The molecule has 1 unspecified atom stereocenters. The number of unbranched alkanes of at least 4 members (excludes halogenated alkanes) is 1. The molecule has 0 heterocycles. The second kappa shape index (κ2) is 6.70. The Morgan fingerprint density at radius 3 is 2.60 bits per heavy atom. The highest BCUT2D eigenvalue weighted by molar-refractivity contribution is 6.30. The van der Waals surface area contributed by atoms with Crippen molar-refractivity contribution in [2.75, 3.05) is 11.9 Å². The maximum atomic E-state index is 5.95. The van der Waals surface area contributed by atoms with Crippen LogP contribution in [0.5, 0.6) is 0 Å². The van der Waals surface area contributed by atoms with Crippen molar-refractivity contribution in [1.29, 1.82) is 0 Å². The van der Waals surface area contributed by atoms with Crippen LogP contribution in [0.25, 0.3) is 0 Å². The van der Waals surface area contributed by atoms with Crippen LogP contribution >= 0.6 is 11.6 Å². The molecule has 1 rings (SSSR count). The lowest BCUT2D eigenvalue weighted by molar-refractivity contribution is 0.596. The first-order valence-electron chi connectivity index (χ1n) is 5.47. The summed E-state index contributed by atoms with van der Waals surface area (Å²) >= 11 is 5.79. The van der Waals surface area contributed by atoms with E-state index in [9.17, 15) is 0 Å². The van der Waals surface area contributed by atoms with Crippen LogP contribution in [-0.2, 0) is 0 Å². The van der Waals surface area contributed by atoms with Gasteiger partial charge in [-0.2, -0.15) is 0 Å². The number of halogens is 1. The minimum Gasteiger partial charge on any atom is -0.383 e. The molecular formula is C12H19ClN2. The van der Waals surface area contributed by atoms with E-state index < -0.39 is 0 Å². The number of nitrogens with two attached hydrogens (primary N) is 1. The average Bonchev–Trinajstić information content (AvgIpc) is 2.25. The van der Waals surface area contributed by atoms with E-state index in [-0.39, 0.29) is 6.04 Å². The standard InChI is InChI=1S/C12H19ClN2/c1-2-3-4-11(14)9-15-12-7-5-10(13)6-8-12/h5-8,11,15H,2-4,9,14H2,1H3. The van der Waals surface area contributed by atoms with Crippen molar-refractivity contribution in [1.82, 2.24) is 0 Å². The number of anilines is 1. The molecule has 15 heavy (non-hydrogen) atoms. The van der Waals surface area contributed by atoms with Crippen LogP contribution in [0.4, 0.5) is 5.69 Å². The van der Waals surface area contributed by atoms with Crippen molar-refractivity contribution >= 4 is 17.3 Å². The van der Waals surface area contributed by atoms with Gasteiger partial charge in [0.1, 0.15) is 0 Å². The van der Waals surface area contributed by atoms with Gasteiger partial charge in [0.15, 0.2) is 0 Å². The Balaban J connectivity index is 2.27. The third-order valence-electron chi connectivity index (χ3n) is 2.34. The summed E-state index contributed by atoms with van der Waals surface area (Å²) in [6.07, 6.45) is 3.48. The largest absolute Gasteiger partial charge is 0.383 e. The molecule has 0 aromatic heterocycles. The Bertz CT molecular complexity index is 271. The molecule has 0 spiro atoms. The lowest BCUT2D eigenvalue weighted by atomic mass is 10.1. The first kappa shape index (κ1) is 12.3. The van der Waals surface area contributed by atoms with Gasteiger partial charge in [-0.25, -0.2) is 0 Å². The van der Waals surface area contributed by atoms with Gasteiger partial charge < -0.3 is 11.1 Å². The molecule has 0 fully saturated rings. The van der Waals surface area contributed by atoms with Crippen molar-refractivity contribution in [2.45, 2.75) is 32.2 Å². The third-order valence-corrected chi connectivity index (χ3v) is 2.59. The van der Waals surface area contributed by atoms with Crippen molar-refractivity contribution in [3.8, 4) is 0 Å². The lowest BCUT2D eigenvalue weighted by Crippen LogP contribution is -2.28. The smallest absolute Gasteiger partial charge is 0.0407 e. The highest BCUT2D eigenvalue weighted by atomic mass is 35.5. The molecule has 1 aromatic carbocycles. The summed E-state index contributed by atoms with van der Waals surface area (Å²) in [4.78, 5) is 0. The Kier molecular flexibility index (Phi) is 5.51. The molecular weight excluding hydrogens is 208 g/mol. The number of nitrogens with one attached hydrogen (secondary N) is 1. The van der Waals surface area contributed by atoms with E-state index in [1.165, 1.54) is 12.8 Å². The Morgan fingerprint density at radius 1 is 1.33 bits per heavy atom. The van der Waals surface area contributed by atoms with Gasteiger partial charge >= 0.3 is 0 Å². The Hall–Kier alpha value is -0.730. The summed E-state index contributed by atoms with van der Waals surface area (Å²) in [5.41, 5.74) is 7.02. The van der Waals surface area contributed by atoms with E-state index in [1.54, 1.807) is 0 Å². The van der Waals surface area contributed by atoms with Gasteiger partial charge in [-0.3, -0.25) is 0 Å². The number of rotatable bonds is 6. The van der Waals surface area contributed by atoms with Crippen molar-refractivity contribution < 1.29 is 0 Å². The molecule has 0 aliphatic carbocycles. The molecule has 0 amide bonds. The fourth-order valence-electron chi connectivity index (χ4n) is 1.39. The molecule has 3 heteroatoms. The van der Waals surface area contributed by atoms with Crippen molar-refractivity contribution in [2.24, 2.45) is 5.73 Å². The highest BCUT2D eigenvalue weighted by Crippen LogP contribution is 2.13. The van der Waals surface area contributed by atoms with Crippen LogP contribution in [0.3, 0.4) is 0 Å². The molecule has 1 aromatic rings. The van der Waals surface area contributed by atoms with Gasteiger partial charge in [-0.05, 0) is 30.7 Å². The topological polar surface area (TPSA) is 38.0 Å². The van der Waals surface area contributed by atoms with Crippen LogP contribution in [0.15, 0.2) is 24.3 Å². The molecule has 0 saturated carbocycles. The molecule has 0 aliphatic heterocycles. The summed E-state index contributed by atoms with van der Waals surface area (Å²) in [6.45, 7) is 3.00. The number of benzene rings is 1. The molecule has 0 bridgehead atoms. The second-order valence-corrected chi connectivity index (χ2v) is 4.23. The van der Waals surface area contributed by atoms with E-state index in [0.29, 0.717) is 0 Å². The van der Waals surface area contributed by atoms with E-state index in [1.807, 2.05) is 24.3 Å². The minimum atomic E-state index is 0.237. The molecule has 0 aliphatic rings. The Labute approximate surface area is 96.8 Å². The zero-order valence-corrected chi connectivity index (χ0v) is 9.93. The summed E-state index contributed by atoms with van der Waals surface area (Å²) < 4.78 is 0. The maximum Gasteiger partial charge on any atom is 0.0407 e. The molecule has 84 valence electrons. The predicted molar refractivity (Wildman–Crippen MR) is 67.4 cm³/mol. The second-order valence-electron chi connectivity index (χ2n) is 3.79. The fourth-order valence-corrected chi connectivity index (χ4v) is 1.51. The molecule has 2 nitrogen and oxygen atoms in total. The van der Waals surface area contributed by atoms with Crippen molar-refractivity contribution in [3.63, 3.8) is 0 Å². The number of hydrogen-bond acceptors (Lipinski definition) is 2. The summed E-state index contributed by atoms with van der Waals surface area (Å²) in [5, 5.41) is 4.06. The minimum absolute atomic E-state index is 0.237. The van der Waals surface area contributed by atoms with E-state index >= 15 is 0 Å². The summed E-state index contributed by atoms with van der Waals surface area (Å²) in [7, 11) is 0. The van der Waals surface area contributed by atoms with Gasteiger partial charge in [0.25, 0.3) is 0 Å². The zero-order chi connectivity index (χ0) is 11.1. The van der Waals surface area contributed by atoms with Gasteiger partial charge in [0.2, 0.25) is 0 Å². The fraction of sp³-hybridized carbons (Fsp3) is 0.500. The molecule has 0 radical (unpaired) electrons. The van der Waals surface area contributed by atoms with Crippen LogP contribution in [0, 0.1) is 0 Å². The first-order valence-corrected chi connectivity index (χ1v) is 5.85. The zero-order valence-electron chi connectivity index (χ0n) is 9.17. The molecule has 3 N–H and O–H groups in total. The lowest BCUT2D eigenvalue weighted by Gasteiger charge is -2.13. The SMILES string of the molecule is CCCCC(N)CNc1ccc(Cl)cc1. The van der Waals surface area contributed by atoms with Crippen LogP contribution in [0.2, 0.25) is 5.02 Å². The molecule has 0 saturated heterocycles. The normalized spacial score (nSPS) is 12.5. The van der Waals surface area contributed by atoms with E-state index in [0.717, 1.165) is 23.7 Å². The van der Waals surface area contributed by atoms with Gasteiger partial charge in [0, 0.05) is 23.3 Å². The van der Waals surface area contributed by atoms with Gasteiger partial charge in [0.05, 0.1) is 0 Å². The monoisotopic (exact) mass is 226 g/mol. The average molecular weight is 227 g/mol.